The van der Waals surface area contributed by atoms with E-state index in [1.54, 1.807) is 10.9 Å². The first-order valence-electron chi connectivity index (χ1n) is 6.70. The molecule has 108 valence electrons. The second kappa shape index (κ2) is 6.77. The first-order valence-corrected chi connectivity index (χ1v) is 7.08. The van der Waals surface area contributed by atoms with Crippen LogP contribution in [0.3, 0.4) is 0 Å². The molecule has 0 radical (unpaired) electrons. The first kappa shape index (κ1) is 14.9. The minimum atomic E-state index is -0.672. The van der Waals surface area contributed by atoms with Crippen LogP contribution in [0.25, 0.3) is 0 Å². The van der Waals surface area contributed by atoms with E-state index in [2.05, 4.69) is 5.10 Å². The van der Waals surface area contributed by atoms with E-state index < -0.39 is 6.10 Å². The molecule has 0 aliphatic carbocycles. The summed E-state index contributed by atoms with van der Waals surface area (Å²) < 4.78 is 7.34. The molecule has 0 aliphatic rings. The van der Waals surface area contributed by atoms with Gasteiger partial charge in [-0.1, -0.05) is 23.7 Å². The van der Waals surface area contributed by atoms with E-state index in [9.17, 15) is 5.11 Å². The Bertz CT molecular complexity index is 569. The smallest absolute Gasteiger partial charge is 0.119 e. The maximum Gasteiger partial charge on any atom is 0.119 e. The van der Waals surface area contributed by atoms with Gasteiger partial charge in [-0.15, -0.1) is 0 Å². The van der Waals surface area contributed by atoms with Gasteiger partial charge in [0.05, 0.1) is 23.5 Å². The first-order chi connectivity index (χ1) is 9.61. The van der Waals surface area contributed by atoms with E-state index in [1.165, 1.54) is 0 Å². The molecule has 0 saturated heterocycles. The fourth-order valence-corrected chi connectivity index (χ4v) is 2.35. The third-order valence-corrected chi connectivity index (χ3v) is 3.39. The Hall–Kier alpha value is -1.52. The van der Waals surface area contributed by atoms with Gasteiger partial charge in [0, 0.05) is 13.0 Å². The molecule has 0 bridgehead atoms. The Balaban J connectivity index is 1.92. The van der Waals surface area contributed by atoms with Crippen LogP contribution in [-0.2, 0) is 6.54 Å². The molecular formula is C15H19ClN2O2. The SMILES string of the molecule is CCn1ncc(Cl)c1C(O)CCOc1cccc(C)c1. The van der Waals surface area contributed by atoms with Crippen LogP contribution >= 0.6 is 11.6 Å². The quantitative estimate of drug-likeness (QED) is 0.888. The summed E-state index contributed by atoms with van der Waals surface area (Å²) in [5, 5.41) is 14.8. The van der Waals surface area contributed by atoms with Crippen molar-refractivity contribution in [2.75, 3.05) is 6.61 Å². The summed E-state index contributed by atoms with van der Waals surface area (Å²) in [5.74, 6) is 0.812. The molecule has 0 saturated carbocycles. The molecule has 4 nitrogen and oxygen atoms in total. The molecule has 0 aliphatic heterocycles. The molecule has 5 heteroatoms. The van der Waals surface area contributed by atoms with E-state index in [0.29, 0.717) is 30.3 Å². The molecule has 0 spiro atoms. The maximum absolute atomic E-state index is 10.2. The predicted octanol–water partition coefficient (Wildman–Crippen LogP) is 3.37. The van der Waals surface area contributed by atoms with Crippen molar-refractivity contribution < 1.29 is 9.84 Å². The molecule has 1 N–H and O–H groups in total. The summed E-state index contributed by atoms with van der Waals surface area (Å²) in [6.07, 6.45) is 1.36. The van der Waals surface area contributed by atoms with Gasteiger partial charge in [-0.25, -0.2) is 0 Å². The number of ether oxygens (including phenoxy) is 1. The number of aliphatic hydroxyl groups excluding tert-OH is 1. The summed E-state index contributed by atoms with van der Waals surface area (Å²) in [6.45, 7) is 5.08. The number of aliphatic hydroxyl groups is 1. The van der Waals surface area contributed by atoms with Gasteiger partial charge in [0.2, 0.25) is 0 Å². The number of nitrogens with zero attached hydrogens (tertiary/aromatic N) is 2. The Morgan fingerprint density at radius 3 is 2.95 bits per heavy atom. The van der Waals surface area contributed by atoms with E-state index in [1.807, 2.05) is 38.1 Å². The highest BCUT2D eigenvalue weighted by atomic mass is 35.5. The highest BCUT2D eigenvalue weighted by Crippen LogP contribution is 2.25. The van der Waals surface area contributed by atoms with Crippen molar-refractivity contribution >= 4 is 11.6 Å². The third kappa shape index (κ3) is 3.52. The van der Waals surface area contributed by atoms with E-state index >= 15 is 0 Å². The second-order valence-electron chi connectivity index (χ2n) is 4.66. The average molecular weight is 295 g/mol. The van der Waals surface area contributed by atoms with Crippen molar-refractivity contribution in [2.45, 2.75) is 32.9 Å². The fraction of sp³-hybridized carbons (Fsp3) is 0.400. The zero-order valence-corrected chi connectivity index (χ0v) is 12.5. The van der Waals surface area contributed by atoms with Gasteiger partial charge in [0.1, 0.15) is 11.9 Å². The van der Waals surface area contributed by atoms with Crippen molar-refractivity contribution in [3.8, 4) is 5.75 Å². The summed E-state index contributed by atoms with van der Waals surface area (Å²) in [4.78, 5) is 0. The minimum absolute atomic E-state index is 0.426. The topological polar surface area (TPSA) is 47.3 Å². The van der Waals surface area contributed by atoms with Gasteiger partial charge in [-0.2, -0.15) is 5.10 Å². The summed E-state index contributed by atoms with van der Waals surface area (Å²) in [5.41, 5.74) is 1.80. The van der Waals surface area contributed by atoms with Crippen LogP contribution in [0.2, 0.25) is 5.02 Å². The van der Waals surface area contributed by atoms with Crippen LogP contribution < -0.4 is 4.74 Å². The molecular weight excluding hydrogens is 276 g/mol. The standard InChI is InChI=1S/C15H19ClN2O2/c1-3-18-15(13(16)10-17-18)14(19)7-8-20-12-6-4-5-11(2)9-12/h4-6,9-10,14,19H,3,7-8H2,1-2H3. The van der Waals surface area contributed by atoms with Gasteiger partial charge in [-0.05, 0) is 31.5 Å². The molecule has 1 atom stereocenters. The minimum Gasteiger partial charge on any atom is -0.493 e. The van der Waals surface area contributed by atoms with Gasteiger partial charge >= 0.3 is 0 Å². The lowest BCUT2D eigenvalue weighted by Crippen LogP contribution is -2.11. The van der Waals surface area contributed by atoms with Gasteiger partial charge in [-0.3, -0.25) is 4.68 Å². The zero-order valence-electron chi connectivity index (χ0n) is 11.7. The van der Waals surface area contributed by atoms with Crippen LogP contribution in [0.4, 0.5) is 0 Å². The molecule has 2 aromatic rings. The Kier molecular flexibility index (Phi) is 5.04. The number of rotatable bonds is 6. The van der Waals surface area contributed by atoms with Crippen LogP contribution in [0.1, 0.15) is 30.7 Å². The van der Waals surface area contributed by atoms with Crippen molar-refractivity contribution in [3.63, 3.8) is 0 Å². The zero-order chi connectivity index (χ0) is 14.5. The van der Waals surface area contributed by atoms with Crippen molar-refractivity contribution in [3.05, 3.63) is 46.7 Å². The lowest BCUT2D eigenvalue weighted by atomic mass is 10.2. The normalized spacial score (nSPS) is 12.4. The second-order valence-corrected chi connectivity index (χ2v) is 5.07. The molecule has 1 aromatic carbocycles. The highest BCUT2D eigenvalue weighted by molar-refractivity contribution is 6.31. The molecule has 20 heavy (non-hydrogen) atoms. The Labute approximate surface area is 123 Å². The van der Waals surface area contributed by atoms with Crippen LogP contribution in [0, 0.1) is 6.92 Å². The molecule has 1 unspecified atom stereocenters. The summed E-state index contributed by atoms with van der Waals surface area (Å²) in [6, 6.07) is 7.84. The van der Waals surface area contributed by atoms with Crippen molar-refractivity contribution in [1.29, 1.82) is 0 Å². The summed E-state index contributed by atoms with van der Waals surface area (Å²) >= 11 is 6.05. The number of hydrogen-bond donors (Lipinski definition) is 1. The summed E-state index contributed by atoms with van der Waals surface area (Å²) in [7, 11) is 0. The number of aryl methyl sites for hydroxylation is 2. The number of aromatic nitrogens is 2. The highest BCUT2D eigenvalue weighted by Gasteiger charge is 2.17. The van der Waals surface area contributed by atoms with Gasteiger partial charge in [0.25, 0.3) is 0 Å². The maximum atomic E-state index is 10.2. The monoisotopic (exact) mass is 294 g/mol. The average Bonchev–Trinajstić information content (AvgIpc) is 2.80. The van der Waals surface area contributed by atoms with E-state index in [0.717, 1.165) is 11.3 Å². The largest absolute Gasteiger partial charge is 0.493 e. The Morgan fingerprint density at radius 2 is 2.25 bits per heavy atom. The van der Waals surface area contributed by atoms with Crippen molar-refractivity contribution in [1.82, 2.24) is 9.78 Å². The van der Waals surface area contributed by atoms with Crippen molar-refractivity contribution in [2.24, 2.45) is 0 Å². The third-order valence-electron chi connectivity index (χ3n) is 3.10. The molecule has 0 amide bonds. The molecule has 1 aromatic heterocycles. The predicted molar refractivity (Wildman–Crippen MR) is 79.2 cm³/mol. The molecule has 1 heterocycles. The number of hydrogen-bond acceptors (Lipinski definition) is 3. The lowest BCUT2D eigenvalue weighted by Gasteiger charge is -2.14. The Morgan fingerprint density at radius 1 is 1.45 bits per heavy atom. The van der Waals surface area contributed by atoms with Crippen LogP contribution in [0.5, 0.6) is 5.75 Å². The molecule has 2 rings (SSSR count). The fourth-order valence-electron chi connectivity index (χ4n) is 2.09. The lowest BCUT2D eigenvalue weighted by molar-refractivity contribution is 0.132. The number of benzene rings is 1. The molecule has 0 fully saturated rings. The van der Waals surface area contributed by atoms with Crippen LogP contribution in [0.15, 0.2) is 30.5 Å². The van der Waals surface area contributed by atoms with E-state index in [4.69, 9.17) is 16.3 Å². The van der Waals surface area contributed by atoms with E-state index in [-0.39, 0.29) is 0 Å². The van der Waals surface area contributed by atoms with Gasteiger partial charge < -0.3 is 9.84 Å². The van der Waals surface area contributed by atoms with Gasteiger partial charge in [0.15, 0.2) is 0 Å². The number of halogens is 1. The van der Waals surface area contributed by atoms with Crippen LogP contribution in [-0.4, -0.2) is 21.5 Å².